The van der Waals surface area contributed by atoms with Crippen molar-refractivity contribution in [1.29, 1.82) is 0 Å². The molecule has 5 rings (SSSR count). The van der Waals surface area contributed by atoms with Gasteiger partial charge in [-0.15, -0.1) is 0 Å². The van der Waals surface area contributed by atoms with Gasteiger partial charge in [-0.2, -0.15) is 0 Å². The molecule has 6 nitrogen and oxygen atoms in total. The molecule has 154 valence electrons. The van der Waals surface area contributed by atoms with Gasteiger partial charge in [-0.1, -0.05) is 37.1 Å². The molecule has 4 aliphatic rings. The number of carbonyl (C=O) groups excluding carboxylic acids is 2. The molecule has 1 aromatic rings. The summed E-state index contributed by atoms with van der Waals surface area (Å²) in [5.74, 6) is 0.0647. The van der Waals surface area contributed by atoms with Gasteiger partial charge < -0.3 is 19.7 Å². The summed E-state index contributed by atoms with van der Waals surface area (Å²) in [5.41, 5.74) is 0.540. The molecular weight excluding hydrogens is 368 g/mol. The van der Waals surface area contributed by atoms with Gasteiger partial charge in [-0.3, -0.25) is 9.59 Å². The van der Waals surface area contributed by atoms with E-state index in [1.807, 2.05) is 41.3 Å². The molecule has 0 unspecified atom stereocenters. The summed E-state index contributed by atoms with van der Waals surface area (Å²) in [4.78, 5) is 28.3. The monoisotopic (exact) mass is 396 g/mol. The molecule has 1 aliphatic carbocycles. The van der Waals surface area contributed by atoms with Crippen molar-refractivity contribution >= 4 is 11.8 Å². The molecule has 1 aromatic carbocycles. The zero-order valence-electron chi connectivity index (χ0n) is 16.8. The minimum absolute atomic E-state index is 0.0682. The first kappa shape index (κ1) is 18.7. The van der Waals surface area contributed by atoms with E-state index >= 15 is 0 Å². The molecule has 2 saturated heterocycles. The number of amides is 2. The van der Waals surface area contributed by atoms with E-state index in [-0.39, 0.29) is 23.8 Å². The normalized spacial score (nSPS) is 32.8. The van der Waals surface area contributed by atoms with Gasteiger partial charge in [0.25, 0.3) is 0 Å². The number of hydrogen-bond donors (Lipinski definition) is 1. The molecule has 29 heavy (non-hydrogen) atoms. The molecule has 2 amide bonds. The molecule has 1 saturated carbocycles. The number of hydrogen-bond acceptors (Lipinski definition) is 4. The fourth-order valence-electron chi connectivity index (χ4n) is 5.59. The highest BCUT2D eigenvalue weighted by atomic mass is 16.5. The molecule has 6 heteroatoms. The van der Waals surface area contributed by atoms with E-state index in [0.29, 0.717) is 19.1 Å². The topological polar surface area (TPSA) is 67.9 Å². The second-order valence-electron chi connectivity index (χ2n) is 8.69. The summed E-state index contributed by atoms with van der Waals surface area (Å²) in [6, 6.07) is 8.17. The van der Waals surface area contributed by atoms with Gasteiger partial charge in [0.2, 0.25) is 11.8 Å². The van der Waals surface area contributed by atoms with Crippen LogP contribution in [0, 0.1) is 11.8 Å². The summed E-state index contributed by atoms with van der Waals surface area (Å²) < 4.78 is 11.4. The van der Waals surface area contributed by atoms with Crippen molar-refractivity contribution in [2.75, 3.05) is 20.2 Å². The van der Waals surface area contributed by atoms with Gasteiger partial charge in [-0.25, -0.2) is 0 Å². The van der Waals surface area contributed by atoms with Crippen molar-refractivity contribution in [1.82, 2.24) is 10.2 Å². The highest BCUT2D eigenvalue weighted by molar-refractivity contribution is 5.93. The molecule has 0 radical (unpaired) electrons. The van der Waals surface area contributed by atoms with Gasteiger partial charge >= 0.3 is 0 Å². The van der Waals surface area contributed by atoms with Crippen LogP contribution in [0.2, 0.25) is 0 Å². The standard InChI is InChI=1S/C23H28N2O4/c1-28-17-8-6-15(7-9-17)11-13-24-21(26)19-18-10-12-23(29-18)14-25(22(27)20(19)23)16-4-2-3-5-16/h6-10,12,16,18-20H,2-5,11,13-14H2,1H3,(H,24,26)/t18-,19-,20-,23-/m1/s1. The molecule has 3 aliphatic heterocycles. The molecule has 0 aromatic heterocycles. The second kappa shape index (κ2) is 7.17. The highest BCUT2D eigenvalue weighted by Gasteiger charge is 2.67. The number of rotatable bonds is 6. The Balaban J connectivity index is 1.24. The Labute approximate surface area is 171 Å². The maximum Gasteiger partial charge on any atom is 0.230 e. The van der Waals surface area contributed by atoms with Crippen molar-refractivity contribution in [2.45, 2.75) is 49.9 Å². The summed E-state index contributed by atoms with van der Waals surface area (Å²) in [7, 11) is 1.64. The minimum atomic E-state index is -0.595. The summed E-state index contributed by atoms with van der Waals surface area (Å²) >= 11 is 0. The third-order valence-electron chi connectivity index (χ3n) is 7.07. The third-order valence-corrected chi connectivity index (χ3v) is 7.07. The zero-order chi connectivity index (χ0) is 20.0. The van der Waals surface area contributed by atoms with Crippen molar-refractivity contribution in [3.63, 3.8) is 0 Å². The van der Waals surface area contributed by atoms with E-state index < -0.39 is 11.5 Å². The maximum absolute atomic E-state index is 13.2. The van der Waals surface area contributed by atoms with Crippen LogP contribution >= 0.6 is 0 Å². The zero-order valence-corrected chi connectivity index (χ0v) is 16.8. The smallest absolute Gasteiger partial charge is 0.230 e. The number of methoxy groups -OCH3 is 1. The Morgan fingerprint density at radius 1 is 1.28 bits per heavy atom. The Morgan fingerprint density at radius 2 is 2.03 bits per heavy atom. The Morgan fingerprint density at radius 3 is 2.76 bits per heavy atom. The maximum atomic E-state index is 13.2. The average molecular weight is 396 g/mol. The number of carbonyl (C=O) groups is 2. The van der Waals surface area contributed by atoms with Gasteiger partial charge in [0.1, 0.15) is 11.4 Å². The largest absolute Gasteiger partial charge is 0.497 e. The van der Waals surface area contributed by atoms with Gasteiger partial charge in [-0.05, 0) is 37.0 Å². The first-order chi connectivity index (χ1) is 14.1. The molecular formula is C23H28N2O4. The van der Waals surface area contributed by atoms with Crippen LogP contribution in [0.5, 0.6) is 5.75 Å². The lowest BCUT2D eigenvalue weighted by molar-refractivity contribution is -0.138. The van der Waals surface area contributed by atoms with E-state index in [0.717, 1.165) is 30.6 Å². The number of nitrogens with zero attached hydrogens (tertiary/aromatic N) is 1. The van der Waals surface area contributed by atoms with Crippen LogP contribution in [-0.4, -0.2) is 54.7 Å². The molecule has 4 atom stereocenters. The number of ether oxygens (including phenoxy) is 2. The predicted molar refractivity (Wildman–Crippen MR) is 107 cm³/mol. The number of nitrogens with one attached hydrogen (secondary N) is 1. The Bertz CT molecular complexity index is 830. The van der Waals surface area contributed by atoms with Crippen LogP contribution in [0.1, 0.15) is 31.2 Å². The predicted octanol–water partition coefficient (Wildman–Crippen LogP) is 2.08. The number of benzene rings is 1. The fourth-order valence-corrected chi connectivity index (χ4v) is 5.59. The van der Waals surface area contributed by atoms with Crippen LogP contribution < -0.4 is 10.1 Å². The van der Waals surface area contributed by atoms with E-state index in [1.54, 1.807) is 7.11 Å². The van der Waals surface area contributed by atoms with Crippen molar-refractivity contribution in [3.05, 3.63) is 42.0 Å². The molecule has 3 heterocycles. The van der Waals surface area contributed by atoms with Gasteiger partial charge in [0, 0.05) is 12.6 Å². The number of likely N-dealkylation sites (tertiary alicyclic amines) is 1. The Kier molecular flexibility index (Phi) is 4.62. The second-order valence-corrected chi connectivity index (χ2v) is 8.69. The van der Waals surface area contributed by atoms with Crippen LogP contribution in [0.15, 0.2) is 36.4 Å². The highest BCUT2D eigenvalue weighted by Crippen LogP contribution is 2.52. The molecule has 1 N–H and O–H groups in total. The summed E-state index contributed by atoms with van der Waals surface area (Å²) in [5, 5.41) is 3.05. The van der Waals surface area contributed by atoms with E-state index in [2.05, 4.69) is 5.32 Å². The lowest BCUT2D eigenvalue weighted by atomic mass is 9.77. The average Bonchev–Trinajstić information content (AvgIpc) is 3.50. The summed E-state index contributed by atoms with van der Waals surface area (Å²) in [6.45, 7) is 1.14. The quantitative estimate of drug-likeness (QED) is 0.748. The van der Waals surface area contributed by atoms with E-state index in [4.69, 9.17) is 9.47 Å². The van der Waals surface area contributed by atoms with Crippen molar-refractivity contribution in [2.24, 2.45) is 11.8 Å². The molecule has 2 bridgehead atoms. The lowest BCUT2D eigenvalue weighted by Crippen LogP contribution is -2.45. The van der Waals surface area contributed by atoms with Gasteiger partial charge in [0.15, 0.2) is 0 Å². The third kappa shape index (κ3) is 3.05. The van der Waals surface area contributed by atoms with Crippen molar-refractivity contribution in [3.8, 4) is 5.75 Å². The van der Waals surface area contributed by atoms with Crippen LogP contribution in [-0.2, 0) is 20.7 Å². The van der Waals surface area contributed by atoms with E-state index in [1.165, 1.54) is 12.8 Å². The molecule has 3 fully saturated rings. The lowest BCUT2D eigenvalue weighted by Gasteiger charge is -2.27. The fraction of sp³-hybridized carbons (Fsp3) is 0.565. The molecule has 1 spiro atoms. The van der Waals surface area contributed by atoms with E-state index in [9.17, 15) is 9.59 Å². The summed E-state index contributed by atoms with van der Waals surface area (Å²) in [6.07, 6.45) is 8.98. The first-order valence-electron chi connectivity index (χ1n) is 10.7. The Hall–Kier alpha value is -2.34. The SMILES string of the molecule is COc1ccc(CCNC(=O)[C@@H]2[C@H]3C=C[C@]4(CN(C5CCCC5)C(=O)[C@@H]24)O3)cc1. The van der Waals surface area contributed by atoms with Crippen LogP contribution in [0.25, 0.3) is 0 Å². The van der Waals surface area contributed by atoms with Gasteiger partial charge in [0.05, 0.1) is 31.6 Å². The van der Waals surface area contributed by atoms with Crippen LogP contribution in [0.4, 0.5) is 0 Å². The van der Waals surface area contributed by atoms with Crippen molar-refractivity contribution < 1.29 is 19.1 Å². The van der Waals surface area contributed by atoms with Crippen LogP contribution in [0.3, 0.4) is 0 Å². The number of fused-ring (bicyclic) bond motifs is 1. The minimum Gasteiger partial charge on any atom is -0.497 e. The first-order valence-corrected chi connectivity index (χ1v) is 10.7.